The van der Waals surface area contributed by atoms with Crippen molar-refractivity contribution >= 4 is 11.7 Å². The Morgan fingerprint density at radius 2 is 2.22 bits per heavy atom. The first-order valence-corrected chi connectivity index (χ1v) is 5.67. The molecular weight excluding hydrogens is 230 g/mol. The van der Waals surface area contributed by atoms with Gasteiger partial charge in [0.1, 0.15) is 5.75 Å². The van der Waals surface area contributed by atoms with E-state index in [9.17, 15) is 4.79 Å². The van der Waals surface area contributed by atoms with Gasteiger partial charge in [-0.25, -0.2) is 4.79 Å². The maximum Gasteiger partial charge on any atom is 0.339 e. The summed E-state index contributed by atoms with van der Waals surface area (Å²) in [6.07, 6.45) is 5.02. The molecule has 1 aromatic carbocycles. The summed E-state index contributed by atoms with van der Waals surface area (Å²) in [4.78, 5) is 11.6. The number of esters is 1. The quantitative estimate of drug-likeness (QED) is 0.491. The smallest absolute Gasteiger partial charge is 0.339 e. The predicted molar refractivity (Wildman–Crippen MR) is 70.3 cm³/mol. The van der Waals surface area contributed by atoms with E-state index in [2.05, 4.69) is 5.92 Å². The molecular formula is C14H17NO3. The first kappa shape index (κ1) is 13.9. The summed E-state index contributed by atoms with van der Waals surface area (Å²) >= 11 is 0. The highest BCUT2D eigenvalue weighted by molar-refractivity contribution is 5.90. The normalized spacial score (nSPS) is 9.89. The fourth-order valence-corrected chi connectivity index (χ4v) is 1.23. The van der Waals surface area contributed by atoms with Crippen LogP contribution in [0.4, 0.5) is 5.69 Å². The molecule has 4 heteroatoms. The molecule has 18 heavy (non-hydrogen) atoms. The minimum absolute atomic E-state index is 0.0502. The van der Waals surface area contributed by atoms with Crippen LogP contribution in [0.25, 0.3) is 0 Å². The summed E-state index contributed by atoms with van der Waals surface area (Å²) in [5.41, 5.74) is 6.63. The largest absolute Gasteiger partial charge is 0.491 e. The summed E-state index contributed by atoms with van der Waals surface area (Å²) in [6.45, 7) is 4.54. The van der Waals surface area contributed by atoms with Crippen LogP contribution in [0.3, 0.4) is 0 Å². The van der Waals surface area contributed by atoms with Gasteiger partial charge in [-0.2, -0.15) is 0 Å². The number of benzene rings is 1. The Labute approximate surface area is 107 Å². The highest BCUT2D eigenvalue weighted by Gasteiger charge is 2.10. The van der Waals surface area contributed by atoms with Gasteiger partial charge in [-0.3, -0.25) is 0 Å². The summed E-state index contributed by atoms with van der Waals surface area (Å²) in [5.74, 6) is 2.61. The van der Waals surface area contributed by atoms with Crippen molar-refractivity contribution in [1.82, 2.24) is 0 Å². The molecule has 2 N–H and O–H groups in total. The van der Waals surface area contributed by atoms with E-state index in [0.717, 1.165) is 0 Å². The third-order valence-electron chi connectivity index (χ3n) is 2.11. The molecule has 0 aliphatic heterocycles. The van der Waals surface area contributed by atoms with E-state index in [1.807, 2.05) is 13.8 Å². The van der Waals surface area contributed by atoms with Crippen molar-refractivity contribution in [2.24, 2.45) is 5.92 Å². The summed E-state index contributed by atoms with van der Waals surface area (Å²) < 4.78 is 10.3. The second-order valence-corrected chi connectivity index (χ2v) is 4.24. The van der Waals surface area contributed by atoms with Gasteiger partial charge in [0.05, 0.1) is 17.9 Å². The van der Waals surface area contributed by atoms with Gasteiger partial charge < -0.3 is 15.2 Å². The lowest BCUT2D eigenvalue weighted by Crippen LogP contribution is -2.09. The van der Waals surface area contributed by atoms with Crippen LogP contribution in [0, 0.1) is 18.3 Å². The average Bonchev–Trinajstić information content (AvgIpc) is 2.34. The third kappa shape index (κ3) is 4.02. The minimum atomic E-state index is -0.484. The van der Waals surface area contributed by atoms with Crippen LogP contribution in [0.2, 0.25) is 0 Å². The lowest BCUT2D eigenvalue weighted by molar-refractivity contribution is 0.0556. The Hall–Kier alpha value is -2.15. The molecule has 0 amide bonds. The first-order chi connectivity index (χ1) is 8.54. The number of ether oxygens (including phenoxy) is 2. The van der Waals surface area contributed by atoms with Gasteiger partial charge in [0.2, 0.25) is 0 Å². The monoisotopic (exact) mass is 247 g/mol. The minimum Gasteiger partial charge on any atom is -0.491 e. The van der Waals surface area contributed by atoms with Gasteiger partial charge in [0, 0.05) is 0 Å². The molecule has 0 saturated carbocycles. The molecule has 0 bridgehead atoms. The van der Waals surface area contributed by atoms with Crippen LogP contribution in [-0.4, -0.2) is 19.2 Å². The fourth-order valence-electron chi connectivity index (χ4n) is 1.23. The van der Waals surface area contributed by atoms with E-state index in [0.29, 0.717) is 29.5 Å². The molecule has 0 aromatic heterocycles. The van der Waals surface area contributed by atoms with Crippen LogP contribution >= 0.6 is 0 Å². The number of anilines is 1. The van der Waals surface area contributed by atoms with Crippen LogP contribution in [-0.2, 0) is 4.74 Å². The van der Waals surface area contributed by atoms with Gasteiger partial charge in [-0.15, -0.1) is 6.42 Å². The predicted octanol–water partition coefficient (Wildman–Crippen LogP) is 2.09. The van der Waals surface area contributed by atoms with Crippen LogP contribution in [0.15, 0.2) is 18.2 Å². The zero-order valence-electron chi connectivity index (χ0n) is 10.6. The van der Waals surface area contributed by atoms with Crippen LogP contribution in [0.1, 0.15) is 24.2 Å². The number of hydrogen-bond acceptors (Lipinski definition) is 4. The van der Waals surface area contributed by atoms with Gasteiger partial charge in [0.25, 0.3) is 0 Å². The molecule has 0 radical (unpaired) electrons. The van der Waals surface area contributed by atoms with E-state index >= 15 is 0 Å². The number of carbonyl (C=O) groups excluding carboxylic acids is 1. The van der Waals surface area contributed by atoms with Gasteiger partial charge in [-0.1, -0.05) is 19.8 Å². The Bertz CT molecular complexity index is 461. The first-order valence-electron chi connectivity index (χ1n) is 5.67. The maximum absolute atomic E-state index is 11.6. The van der Waals surface area contributed by atoms with Crippen molar-refractivity contribution < 1.29 is 14.3 Å². The topological polar surface area (TPSA) is 61.5 Å². The van der Waals surface area contributed by atoms with Crippen molar-refractivity contribution in [3.8, 4) is 18.1 Å². The second-order valence-electron chi connectivity index (χ2n) is 4.24. The Morgan fingerprint density at radius 1 is 1.50 bits per heavy atom. The lowest BCUT2D eigenvalue weighted by atomic mass is 10.2. The number of nitrogens with two attached hydrogens (primary N) is 1. The van der Waals surface area contributed by atoms with Gasteiger partial charge in [-0.05, 0) is 24.1 Å². The molecule has 1 rings (SSSR count). The Morgan fingerprint density at radius 3 is 2.83 bits per heavy atom. The molecule has 0 spiro atoms. The number of nitrogen functional groups attached to an aromatic ring is 1. The zero-order valence-corrected chi connectivity index (χ0v) is 10.6. The zero-order chi connectivity index (χ0) is 13.5. The molecule has 0 saturated heterocycles. The van der Waals surface area contributed by atoms with Crippen molar-refractivity contribution in [2.75, 3.05) is 18.9 Å². The summed E-state index contributed by atoms with van der Waals surface area (Å²) in [6, 6.07) is 4.76. The lowest BCUT2D eigenvalue weighted by Gasteiger charge is -2.12. The van der Waals surface area contributed by atoms with Crippen molar-refractivity contribution in [1.29, 1.82) is 0 Å². The molecule has 1 aromatic rings. The van der Waals surface area contributed by atoms with Crippen molar-refractivity contribution in [3.63, 3.8) is 0 Å². The van der Waals surface area contributed by atoms with E-state index in [-0.39, 0.29) is 6.61 Å². The number of carbonyl (C=O) groups is 1. The highest BCUT2D eigenvalue weighted by atomic mass is 16.5. The van der Waals surface area contributed by atoms with Gasteiger partial charge in [0.15, 0.2) is 6.61 Å². The van der Waals surface area contributed by atoms with E-state index in [1.54, 1.807) is 18.2 Å². The van der Waals surface area contributed by atoms with Crippen molar-refractivity contribution in [3.05, 3.63) is 23.8 Å². The molecule has 0 fully saturated rings. The molecule has 96 valence electrons. The fraction of sp³-hybridized carbons (Fsp3) is 0.357. The number of terminal acetylenes is 1. The summed E-state index contributed by atoms with van der Waals surface area (Å²) in [5, 5.41) is 0. The van der Waals surface area contributed by atoms with Crippen LogP contribution in [0.5, 0.6) is 5.75 Å². The van der Waals surface area contributed by atoms with E-state index < -0.39 is 5.97 Å². The van der Waals surface area contributed by atoms with E-state index in [4.69, 9.17) is 21.6 Å². The molecule has 0 atom stereocenters. The average molecular weight is 247 g/mol. The summed E-state index contributed by atoms with van der Waals surface area (Å²) in [7, 11) is 0. The number of hydrogen-bond donors (Lipinski definition) is 1. The highest BCUT2D eigenvalue weighted by Crippen LogP contribution is 2.23. The molecule has 0 unspecified atom stereocenters. The third-order valence-corrected chi connectivity index (χ3v) is 2.11. The maximum atomic E-state index is 11.6. The molecule has 0 heterocycles. The van der Waals surface area contributed by atoms with E-state index in [1.165, 1.54) is 0 Å². The standard InChI is InChI=1S/C14H17NO3/c1-4-7-17-14(16)11-5-6-12(15)13(8-11)18-9-10(2)3/h1,5-6,8,10H,7,9,15H2,2-3H3. The Balaban J connectivity index is 2.80. The SMILES string of the molecule is C#CCOC(=O)c1ccc(N)c(OCC(C)C)c1. The second kappa shape index (κ2) is 6.55. The molecule has 0 aliphatic rings. The van der Waals surface area contributed by atoms with Gasteiger partial charge >= 0.3 is 5.97 Å². The molecule has 4 nitrogen and oxygen atoms in total. The van der Waals surface area contributed by atoms with Crippen LogP contribution < -0.4 is 10.5 Å². The molecule has 0 aliphatic carbocycles. The number of rotatable bonds is 5. The Kier molecular flexibility index (Phi) is 5.06. The van der Waals surface area contributed by atoms with Crippen molar-refractivity contribution in [2.45, 2.75) is 13.8 Å².